The minimum absolute atomic E-state index is 0.00676. The number of rotatable bonds is 2. The van der Waals surface area contributed by atoms with Crippen LogP contribution in [0.3, 0.4) is 0 Å². The predicted octanol–water partition coefficient (Wildman–Crippen LogP) is -0.248. The van der Waals surface area contributed by atoms with Gasteiger partial charge in [-0.15, -0.1) is 0 Å². The number of likely N-dealkylation sites (tertiary alicyclic amines) is 1. The lowest BCUT2D eigenvalue weighted by Gasteiger charge is -2.15. The highest BCUT2D eigenvalue weighted by Crippen LogP contribution is 2.52. The predicted molar refractivity (Wildman–Crippen MR) is 53.5 cm³/mol. The Morgan fingerprint density at radius 3 is 2.20 bits per heavy atom. The van der Waals surface area contributed by atoms with Gasteiger partial charge in [0.1, 0.15) is 0 Å². The summed E-state index contributed by atoms with van der Waals surface area (Å²) in [5.41, 5.74) is 5.41. The minimum Gasteiger partial charge on any atom is -0.329 e. The standard InChI is InChI=1S/C11H14N2O2/c12-3-4-13-10(14)8-6-1-2-7(5-6)9(8)11(13)15/h1-2,6-9H,3-5,12H2/t6-,7+,8-,9-/m1/s1. The van der Waals surface area contributed by atoms with Crippen LogP contribution in [0.4, 0.5) is 0 Å². The summed E-state index contributed by atoms with van der Waals surface area (Å²) in [5, 5.41) is 0. The number of nitrogens with zero attached hydrogens (tertiary/aromatic N) is 1. The number of nitrogens with two attached hydrogens (primary N) is 1. The van der Waals surface area contributed by atoms with E-state index in [1.54, 1.807) is 0 Å². The molecule has 4 heteroatoms. The number of carbonyl (C=O) groups is 2. The summed E-state index contributed by atoms with van der Waals surface area (Å²) in [7, 11) is 0. The van der Waals surface area contributed by atoms with Gasteiger partial charge in [-0.3, -0.25) is 14.5 Å². The normalized spacial score (nSPS) is 41.8. The maximum absolute atomic E-state index is 12.0. The largest absolute Gasteiger partial charge is 0.329 e. The van der Waals surface area contributed by atoms with Crippen molar-refractivity contribution in [2.75, 3.05) is 13.1 Å². The third kappa shape index (κ3) is 1.00. The Labute approximate surface area is 88.1 Å². The lowest BCUT2D eigenvalue weighted by molar-refractivity contribution is -0.140. The molecular weight excluding hydrogens is 192 g/mol. The molecule has 2 amide bonds. The highest BCUT2D eigenvalue weighted by atomic mass is 16.2. The zero-order valence-corrected chi connectivity index (χ0v) is 8.43. The van der Waals surface area contributed by atoms with Crippen LogP contribution >= 0.6 is 0 Å². The molecule has 1 saturated heterocycles. The molecule has 3 rings (SSSR count). The van der Waals surface area contributed by atoms with E-state index in [0.29, 0.717) is 24.9 Å². The summed E-state index contributed by atoms with van der Waals surface area (Å²) in [6.45, 7) is 0.740. The van der Waals surface area contributed by atoms with Crippen molar-refractivity contribution in [1.29, 1.82) is 0 Å². The fourth-order valence-electron chi connectivity index (χ4n) is 3.31. The van der Waals surface area contributed by atoms with Crippen molar-refractivity contribution in [3.63, 3.8) is 0 Å². The van der Waals surface area contributed by atoms with Gasteiger partial charge in [-0.2, -0.15) is 0 Å². The lowest BCUT2D eigenvalue weighted by atomic mass is 9.85. The SMILES string of the molecule is NCCN1C(=O)[C@H]2[C@H](C1=O)[C@H]1C=C[C@@H]2C1. The van der Waals surface area contributed by atoms with Crippen LogP contribution in [0, 0.1) is 23.7 Å². The van der Waals surface area contributed by atoms with Crippen molar-refractivity contribution in [2.45, 2.75) is 6.42 Å². The van der Waals surface area contributed by atoms with E-state index >= 15 is 0 Å². The van der Waals surface area contributed by atoms with Gasteiger partial charge in [0.25, 0.3) is 0 Å². The van der Waals surface area contributed by atoms with E-state index in [4.69, 9.17) is 5.73 Å². The van der Waals surface area contributed by atoms with E-state index in [-0.39, 0.29) is 23.7 Å². The number of fused-ring (bicyclic) bond motifs is 5. The molecule has 1 aliphatic heterocycles. The molecule has 0 radical (unpaired) electrons. The van der Waals surface area contributed by atoms with Gasteiger partial charge in [-0.05, 0) is 18.3 Å². The molecule has 4 atom stereocenters. The Hall–Kier alpha value is -1.16. The molecule has 0 aromatic rings. The smallest absolute Gasteiger partial charge is 0.233 e. The molecular formula is C11H14N2O2. The number of hydrogen-bond donors (Lipinski definition) is 1. The van der Waals surface area contributed by atoms with E-state index in [0.717, 1.165) is 6.42 Å². The van der Waals surface area contributed by atoms with Crippen molar-refractivity contribution in [3.8, 4) is 0 Å². The summed E-state index contributed by atoms with van der Waals surface area (Å²) in [5.74, 6) is 0.483. The first-order valence-electron chi connectivity index (χ1n) is 5.47. The average Bonchev–Trinajstić information content (AvgIpc) is 2.87. The Morgan fingerprint density at radius 2 is 1.73 bits per heavy atom. The monoisotopic (exact) mass is 206 g/mol. The fraction of sp³-hybridized carbons (Fsp3) is 0.636. The quantitative estimate of drug-likeness (QED) is 0.500. The van der Waals surface area contributed by atoms with Gasteiger partial charge < -0.3 is 5.73 Å². The van der Waals surface area contributed by atoms with Gasteiger partial charge in [-0.25, -0.2) is 0 Å². The van der Waals surface area contributed by atoms with Crippen LogP contribution in [0.5, 0.6) is 0 Å². The van der Waals surface area contributed by atoms with Crippen molar-refractivity contribution < 1.29 is 9.59 Å². The third-order valence-corrected chi connectivity index (χ3v) is 3.91. The molecule has 2 fully saturated rings. The topological polar surface area (TPSA) is 63.4 Å². The Morgan fingerprint density at radius 1 is 1.20 bits per heavy atom. The molecule has 1 heterocycles. The van der Waals surface area contributed by atoms with Gasteiger partial charge in [0.05, 0.1) is 11.8 Å². The first-order chi connectivity index (χ1) is 7.24. The molecule has 4 nitrogen and oxygen atoms in total. The number of amides is 2. The van der Waals surface area contributed by atoms with E-state index < -0.39 is 0 Å². The van der Waals surface area contributed by atoms with Gasteiger partial charge in [-0.1, -0.05) is 12.2 Å². The molecule has 0 spiro atoms. The van der Waals surface area contributed by atoms with Crippen molar-refractivity contribution in [2.24, 2.45) is 29.4 Å². The summed E-state index contributed by atoms with van der Waals surface area (Å²) in [6, 6.07) is 0. The van der Waals surface area contributed by atoms with Crippen LogP contribution in [0.2, 0.25) is 0 Å². The Kier molecular flexibility index (Phi) is 1.77. The molecule has 2 aliphatic carbocycles. The van der Waals surface area contributed by atoms with Gasteiger partial charge in [0.15, 0.2) is 0 Å². The summed E-state index contributed by atoms with van der Waals surface area (Å²) in [6.07, 6.45) is 5.19. The van der Waals surface area contributed by atoms with Gasteiger partial charge >= 0.3 is 0 Å². The molecule has 0 aromatic carbocycles. The van der Waals surface area contributed by atoms with E-state index in [2.05, 4.69) is 12.2 Å². The summed E-state index contributed by atoms with van der Waals surface area (Å²) >= 11 is 0. The zero-order valence-electron chi connectivity index (χ0n) is 8.43. The second-order valence-corrected chi connectivity index (χ2v) is 4.62. The van der Waals surface area contributed by atoms with Gasteiger partial charge in [0.2, 0.25) is 11.8 Å². The Balaban J connectivity index is 1.93. The zero-order chi connectivity index (χ0) is 10.6. The molecule has 0 aromatic heterocycles. The molecule has 80 valence electrons. The molecule has 1 saturated carbocycles. The van der Waals surface area contributed by atoms with E-state index in [1.807, 2.05) is 0 Å². The third-order valence-electron chi connectivity index (χ3n) is 3.91. The maximum atomic E-state index is 12.0. The number of allylic oxidation sites excluding steroid dienone is 2. The van der Waals surface area contributed by atoms with Crippen molar-refractivity contribution >= 4 is 11.8 Å². The number of imide groups is 1. The summed E-state index contributed by atoms with van der Waals surface area (Å²) in [4.78, 5) is 25.3. The van der Waals surface area contributed by atoms with Crippen molar-refractivity contribution in [1.82, 2.24) is 4.90 Å². The molecule has 15 heavy (non-hydrogen) atoms. The molecule has 3 aliphatic rings. The van der Waals surface area contributed by atoms with Crippen LogP contribution in [-0.2, 0) is 9.59 Å². The second-order valence-electron chi connectivity index (χ2n) is 4.62. The summed E-state index contributed by atoms with van der Waals surface area (Å²) < 4.78 is 0. The van der Waals surface area contributed by atoms with Crippen LogP contribution in [-0.4, -0.2) is 29.8 Å². The van der Waals surface area contributed by atoms with Gasteiger partial charge in [0, 0.05) is 13.1 Å². The van der Waals surface area contributed by atoms with Crippen LogP contribution in [0.1, 0.15) is 6.42 Å². The van der Waals surface area contributed by atoms with Crippen LogP contribution < -0.4 is 5.73 Å². The molecule has 0 unspecified atom stereocenters. The van der Waals surface area contributed by atoms with Crippen molar-refractivity contribution in [3.05, 3.63) is 12.2 Å². The average molecular weight is 206 g/mol. The van der Waals surface area contributed by atoms with E-state index in [9.17, 15) is 9.59 Å². The lowest BCUT2D eigenvalue weighted by Crippen LogP contribution is -2.36. The highest BCUT2D eigenvalue weighted by Gasteiger charge is 2.58. The minimum atomic E-state index is -0.0703. The highest BCUT2D eigenvalue weighted by molar-refractivity contribution is 6.06. The second kappa shape index (κ2) is 2.92. The maximum Gasteiger partial charge on any atom is 0.233 e. The molecule has 2 N–H and O–H groups in total. The molecule has 2 bridgehead atoms. The first-order valence-corrected chi connectivity index (χ1v) is 5.47. The van der Waals surface area contributed by atoms with E-state index in [1.165, 1.54) is 4.90 Å². The fourth-order valence-corrected chi connectivity index (χ4v) is 3.31. The number of hydrogen-bond acceptors (Lipinski definition) is 3. The van der Waals surface area contributed by atoms with Crippen LogP contribution in [0.25, 0.3) is 0 Å². The Bertz CT molecular complexity index is 334. The first kappa shape index (κ1) is 9.09. The van der Waals surface area contributed by atoms with Crippen LogP contribution in [0.15, 0.2) is 12.2 Å². The number of carbonyl (C=O) groups excluding carboxylic acids is 2.